The summed E-state index contributed by atoms with van der Waals surface area (Å²) in [6.45, 7) is 5.30. The van der Waals surface area contributed by atoms with E-state index in [2.05, 4.69) is 10.5 Å². The first-order valence-electron chi connectivity index (χ1n) is 9.20. The molecule has 7 nitrogen and oxygen atoms in total. The molecule has 2 heterocycles. The number of nitrogens with zero attached hydrogens (tertiary/aromatic N) is 2. The number of amides is 2. The van der Waals surface area contributed by atoms with Crippen molar-refractivity contribution in [3.8, 4) is 0 Å². The standard InChI is InChI=1S/C20H24FN3O4/c1-11-4-5-14(20(27)24-9-16(21)18(25)10-24)8-17(11)22-19(26)7-6-15-12(2)23-28-13(15)3/h4-5,8,16,18,25H,6-7,9-10H2,1-3H3,(H,22,26)/t16-,18-/m1/s1. The van der Waals surface area contributed by atoms with Gasteiger partial charge in [-0.15, -0.1) is 0 Å². The average Bonchev–Trinajstić information content (AvgIpc) is 3.16. The van der Waals surface area contributed by atoms with E-state index in [-0.39, 0.29) is 31.3 Å². The summed E-state index contributed by atoms with van der Waals surface area (Å²) in [4.78, 5) is 26.2. The second-order valence-corrected chi connectivity index (χ2v) is 7.17. The van der Waals surface area contributed by atoms with Crippen molar-refractivity contribution in [1.29, 1.82) is 0 Å². The Morgan fingerprint density at radius 1 is 1.32 bits per heavy atom. The molecule has 0 unspecified atom stereocenters. The number of anilines is 1. The predicted molar refractivity (Wildman–Crippen MR) is 101 cm³/mol. The maximum Gasteiger partial charge on any atom is 0.254 e. The molecule has 1 aromatic carbocycles. The van der Waals surface area contributed by atoms with Gasteiger partial charge in [-0.1, -0.05) is 11.2 Å². The first kappa shape index (κ1) is 20.0. The minimum atomic E-state index is -1.43. The van der Waals surface area contributed by atoms with E-state index < -0.39 is 12.3 Å². The molecule has 1 aliphatic rings. The molecule has 2 amide bonds. The van der Waals surface area contributed by atoms with Crippen LogP contribution in [-0.4, -0.2) is 52.3 Å². The highest BCUT2D eigenvalue weighted by atomic mass is 19.1. The van der Waals surface area contributed by atoms with Gasteiger partial charge >= 0.3 is 0 Å². The quantitative estimate of drug-likeness (QED) is 0.818. The lowest BCUT2D eigenvalue weighted by molar-refractivity contribution is -0.116. The molecule has 0 spiro atoms. The summed E-state index contributed by atoms with van der Waals surface area (Å²) in [5.41, 5.74) is 3.38. The number of halogens is 1. The monoisotopic (exact) mass is 389 g/mol. The van der Waals surface area contributed by atoms with Crippen LogP contribution >= 0.6 is 0 Å². The molecule has 0 radical (unpaired) electrons. The number of aryl methyl sites for hydroxylation is 3. The SMILES string of the molecule is Cc1ccc(C(=O)N2C[C@@H](O)[C@H](F)C2)cc1NC(=O)CCc1c(C)noc1C. The minimum Gasteiger partial charge on any atom is -0.388 e. The number of alkyl halides is 1. The number of rotatable bonds is 5. The minimum absolute atomic E-state index is 0.0347. The van der Waals surface area contributed by atoms with Crippen LogP contribution in [0.1, 0.15) is 39.4 Å². The Hall–Kier alpha value is -2.74. The second-order valence-electron chi connectivity index (χ2n) is 7.17. The molecular formula is C20H24FN3O4. The number of nitrogens with one attached hydrogen (secondary N) is 1. The lowest BCUT2D eigenvalue weighted by Gasteiger charge is -2.17. The van der Waals surface area contributed by atoms with Gasteiger partial charge in [0.1, 0.15) is 18.0 Å². The Morgan fingerprint density at radius 2 is 2.07 bits per heavy atom. The van der Waals surface area contributed by atoms with Crippen LogP contribution in [0.5, 0.6) is 0 Å². The van der Waals surface area contributed by atoms with Crippen molar-refractivity contribution in [2.75, 3.05) is 18.4 Å². The molecule has 1 saturated heterocycles. The molecule has 0 aliphatic carbocycles. The molecule has 2 N–H and O–H groups in total. The first-order valence-corrected chi connectivity index (χ1v) is 9.20. The van der Waals surface area contributed by atoms with Crippen LogP contribution in [0.4, 0.5) is 10.1 Å². The van der Waals surface area contributed by atoms with E-state index in [0.29, 0.717) is 23.4 Å². The average molecular weight is 389 g/mol. The fraction of sp³-hybridized carbons (Fsp3) is 0.450. The number of aromatic nitrogens is 1. The number of aliphatic hydroxyl groups excluding tert-OH is 1. The van der Waals surface area contributed by atoms with Crippen molar-refractivity contribution in [3.63, 3.8) is 0 Å². The third kappa shape index (κ3) is 4.22. The lowest BCUT2D eigenvalue weighted by atomic mass is 10.1. The predicted octanol–water partition coefficient (Wildman–Crippen LogP) is 2.33. The highest BCUT2D eigenvalue weighted by Gasteiger charge is 2.34. The largest absolute Gasteiger partial charge is 0.388 e. The highest BCUT2D eigenvalue weighted by molar-refractivity contribution is 5.98. The van der Waals surface area contributed by atoms with Gasteiger partial charge in [-0.3, -0.25) is 9.59 Å². The summed E-state index contributed by atoms with van der Waals surface area (Å²) >= 11 is 0. The second kappa shape index (κ2) is 8.10. The number of hydrogen-bond donors (Lipinski definition) is 2. The summed E-state index contributed by atoms with van der Waals surface area (Å²) in [6, 6.07) is 4.95. The zero-order valence-corrected chi connectivity index (χ0v) is 16.2. The maximum atomic E-state index is 13.5. The maximum absolute atomic E-state index is 13.5. The molecule has 2 aromatic rings. The van der Waals surface area contributed by atoms with Gasteiger partial charge in [0.25, 0.3) is 5.91 Å². The van der Waals surface area contributed by atoms with Crippen LogP contribution < -0.4 is 5.32 Å². The van der Waals surface area contributed by atoms with Crippen molar-refractivity contribution >= 4 is 17.5 Å². The van der Waals surface area contributed by atoms with Crippen LogP contribution in [0.3, 0.4) is 0 Å². The van der Waals surface area contributed by atoms with Crippen molar-refractivity contribution in [1.82, 2.24) is 10.1 Å². The molecule has 28 heavy (non-hydrogen) atoms. The number of aliphatic hydroxyl groups is 1. The number of β-amino-alcohol motifs (C(OH)–C–C–N with tert-alkyl or cyclic N) is 1. The summed E-state index contributed by atoms with van der Waals surface area (Å²) in [7, 11) is 0. The van der Waals surface area contributed by atoms with Gasteiger partial charge in [-0.05, 0) is 44.9 Å². The summed E-state index contributed by atoms with van der Waals surface area (Å²) in [6.07, 6.45) is -1.83. The zero-order valence-electron chi connectivity index (χ0n) is 16.2. The van der Waals surface area contributed by atoms with Crippen LogP contribution in [0.25, 0.3) is 0 Å². The van der Waals surface area contributed by atoms with Gasteiger partial charge in [0.15, 0.2) is 0 Å². The van der Waals surface area contributed by atoms with Gasteiger partial charge < -0.3 is 19.8 Å². The Bertz CT molecular complexity index is 866. The van der Waals surface area contributed by atoms with Crippen molar-refractivity contribution in [2.45, 2.75) is 45.9 Å². The van der Waals surface area contributed by atoms with Crippen LogP contribution in [-0.2, 0) is 11.2 Å². The van der Waals surface area contributed by atoms with Crippen molar-refractivity contribution in [3.05, 3.63) is 46.3 Å². The topological polar surface area (TPSA) is 95.7 Å². The number of carbonyl (C=O) groups excluding carboxylic acids is 2. The van der Waals surface area contributed by atoms with Gasteiger partial charge in [-0.2, -0.15) is 0 Å². The number of hydrogen-bond acceptors (Lipinski definition) is 5. The van der Waals surface area contributed by atoms with E-state index in [1.54, 1.807) is 18.2 Å². The molecule has 0 saturated carbocycles. The van der Waals surface area contributed by atoms with Gasteiger partial charge in [0.2, 0.25) is 5.91 Å². The molecule has 1 fully saturated rings. The molecule has 1 aliphatic heterocycles. The zero-order chi connectivity index (χ0) is 20.4. The molecule has 3 rings (SSSR count). The van der Waals surface area contributed by atoms with E-state index in [1.165, 1.54) is 4.90 Å². The van der Waals surface area contributed by atoms with E-state index in [0.717, 1.165) is 16.8 Å². The Labute approximate surface area is 162 Å². The Kier molecular flexibility index (Phi) is 5.79. The normalized spacial score (nSPS) is 19.1. The van der Waals surface area contributed by atoms with Gasteiger partial charge in [-0.25, -0.2) is 4.39 Å². The first-order chi connectivity index (χ1) is 13.3. The third-order valence-electron chi connectivity index (χ3n) is 5.05. The third-order valence-corrected chi connectivity index (χ3v) is 5.05. The fourth-order valence-electron chi connectivity index (χ4n) is 3.30. The van der Waals surface area contributed by atoms with Gasteiger partial charge in [0.05, 0.1) is 12.2 Å². The number of carbonyl (C=O) groups is 2. The lowest BCUT2D eigenvalue weighted by Crippen LogP contribution is -2.29. The van der Waals surface area contributed by atoms with Crippen molar-refractivity contribution < 1.29 is 23.6 Å². The van der Waals surface area contributed by atoms with Crippen LogP contribution in [0.15, 0.2) is 22.7 Å². The number of benzene rings is 1. The number of likely N-dealkylation sites (tertiary alicyclic amines) is 1. The summed E-state index contributed by atoms with van der Waals surface area (Å²) in [5.74, 6) is 0.145. The molecular weight excluding hydrogens is 365 g/mol. The van der Waals surface area contributed by atoms with E-state index in [9.17, 15) is 19.1 Å². The van der Waals surface area contributed by atoms with Crippen LogP contribution in [0, 0.1) is 20.8 Å². The van der Waals surface area contributed by atoms with Crippen molar-refractivity contribution in [2.24, 2.45) is 0 Å². The Morgan fingerprint density at radius 3 is 2.68 bits per heavy atom. The Balaban J connectivity index is 1.66. The smallest absolute Gasteiger partial charge is 0.254 e. The summed E-state index contributed by atoms with van der Waals surface area (Å²) < 4.78 is 18.6. The molecule has 8 heteroatoms. The molecule has 150 valence electrons. The molecule has 2 atom stereocenters. The summed E-state index contributed by atoms with van der Waals surface area (Å²) in [5, 5.41) is 16.2. The fourth-order valence-corrected chi connectivity index (χ4v) is 3.30. The van der Waals surface area contributed by atoms with E-state index >= 15 is 0 Å². The van der Waals surface area contributed by atoms with E-state index in [1.807, 2.05) is 20.8 Å². The molecule has 0 bridgehead atoms. The molecule has 1 aromatic heterocycles. The van der Waals surface area contributed by atoms with E-state index in [4.69, 9.17) is 4.52 Å². The van der Waals surface area contributed by atoms with Gasteiger partial charge in [0, 0.05) is 29.8 Å². The highest BCUT2D eigenvalue weighted by Crippen LogP contribution is 2.22. The van der Waals surface area contributed by atoms with Crippen LogP contribution in [0.2, 0.25) is 0 Å².